The highest BCUT2D eigenvalue weighted by atomic mass is 79.9. The van der Waals surface area contributed by atoms with Crippen LogP contribution in [0.15, 0.2) is 24.3 Å². The lowest BCUT2D eigenvalue weighted by molar-refractivity contribution is 0.0599. The molecule has 0 atom stereocenters. The number of benzene rings is 1. The molecule has 0 aliphatic heterocycles. The van der Waals surface area contributed by atoms with Crippen LogP contribution < -0.4 is 0 Å². The van der Waals surface area contributed by atoms with E-state index in [9.17, 15) is 4.79 Å². The molecule has 0 aromatic heterocycles. The average molecular weight is 296 g/mol. The van der Waals surface area contributed by atoms with Crippen LogP contribution in [0.5, 0.6) is 0 Å². The predicted octanol–water partition coefficient (Wildman–Crippen LogP) is 3.38. The summed E-state index contributed by atoms with van der Waals surface area (Å²) in [6.45, 7) is 2.84. The standard InChI is InChI=1S/C14H18BrNO/c1-11-5-7-12(8-6-11)14(17)16(10-9-15)13-3-2-4-13/h5-8,13H,2-4,9-10H2,1H3. The van der Waals surface area contributed by atoms with Gasteiger partial charge in [0.25, 0.3) is 5.91 Å². The maximum absolute atomic E-state index is 12.4. The van der Waals surface area contributed by atoms with E-state index in [0.29, 0.717) is 6.04 Å². The van der Waals surface area contributed by atoms with Gasteiger partial charge in [-0.25, -0.2) is 0 Å². The lowest BCUT2D eigenvalue weighted by Crippen LogP contribution is -2.45. The zero-order valence-corrected chi connectivity index (χ0v) is 11.7. The first-order valence-electron chi connectivity index (χ1n) is 6.16. The minimum Gasteiger partial charge on any atom is -0.335 e. The first-order valence-corrected chi connectivity index (χ1v) is 7.28. The number of nitrogens with zero attached hydrogens (tertiary/aromatic N) is 1. The fourth-order valence-electron chi connectivity index (χ4n) is 2.10. The van der Waals surface area contributed by atoms with Gasteiger partial charge in [0.15, 0.2) is 0 Å². The number of carbonyl (C=O) groups excluding carboxylic acids is 1. The van der Waals surface area contributed by atoms with Gasteiger partial charge in [-0.3, -0.25) is 4.79 Å². The summed E-state index contributed by atoms with van der Waals surface area (Å²) in [6, 6.07) is 8.32. The molecule has 0 bridgehead atoms. The highest BCUT2D eigenvalue weighted by molar-refractivity contribution is 9.09. The van der Waals surface area contributed by atoms with Gasteiger partial charge in [0.2, 0.25) is 0 Å². The van der Waals surface area contributed by atoms with Crippen molar-refractivity contribution >= 4 is 21.8 Å². The molecule has 1 aromatic rings. The molecular weight excluding hydrogens is 278 g/mol. The number of hydrogen-bond acceptors (Lipinski definition) is 1. The summed E-state index contributed by atoms with van der Waals surface area (Å²) < 4.78 is 0. The van der Waals surface area contributed by atoms with Crippen molar-refractivity contribution in [3.8, 4) is 0 Å². The predicted molar refractivity (Wildman–Crippen MR) is 73.6 cm³/mol. The van der Waals surface area contributed by atoms with Gasteiger partial charge in [-0.05, 0) is 38.3 Å². The first kappa shape index (κ1) is 12.6. The molecule has 0 unspecified atom stereocenters. The second kappa shape index (κ2) is 5.67. The maximum Gasteiger partial charge on any atom is 0.254 e. The van der Waals surface area contributed by atoms with E-state index in [2.05, 4.69) is 15.9 Å². The minimum absolute atomic E-state index is 0.175. The van der Waals surface area contributed by atoms with Crippen molar-refractivity contribution in [3.63, 3.8) is 0 Å². The number of alkyl halides is 1. The van der Waals surface area contributed by atoms with E-state index in [0.717, 1.165) is 30.3 Å². The summed E-state index contributed by atoms with van der Waals surface area (Å²) in [6.07, 6.45) is 3.57. The third-order valence-corrected chi connectivity index (χ3v) is 3.75. The van der Waals surface area contributed by atoms with Crippen molar-refractivity contribution in [3.05, 3.63) is 35.4 Å². The highest BCUT2D eigenvalue weighted by Crippen LogP contribution is 2.26. The first-order chi connectivity index (χ1) is 8.22. The second-order valence-corrected chi connectivity index (χ2v) is 5.43. The van der Waals surface area contributed by atoms with Crippen LogP contribution in [0.3, 0.4) is 0 Å². The molecule has 0 N–H and O–H groups in total. The quantitative estimate of drug-likeness (QED) is 0.780. The molecule has 1 saturated carbocycles. The number of aryl methyl sites for hydroxylation is 1. The zero-order valence-electron chi connectivity index (χ0n) is 10.2. The Bertz CT molecular complexity index is 384. The van der Waals surface area contributed by atoms with Gasteiger partial charge in [-0.1, -0.05) is 33.6 Å². The Hall–Kier alpha value is -0.830. The number of amides is 1. The highest BCUT2D eigenvalue weighted by Gasteiger charge is 2.28. The molecule has 1 amide bonds. The van der Waals surface area contributed by atoms with Crippen molar-refractivity contribution < 1.29 is 4.79 Å². The third-order valence-electron chi connectivity index (χ3n) is 3.40. The Labute approximate surface area is 111 Å². The van der Waals surface area contributed by atoms with Crippen LogP contribution in [0, 0.1) is 6.92 Å². The Morgan fingerprint density at radius 1 is 1.35 bits per heavy atom. The summed E-state index contributed by atoms with van der Waals surface area (Å²) in [5, 5.41) is 0.848. The van der Waals surface area contributed by atoms with Gasteiger partial charge in [-0.2, -0.15) is 0 Å². The van der Waals surface area contributed by atoms with E-state index in [-0.39, 0.29) is 5.91 Å². The molecule has 3 heteroatoms. The number of carbonyl (C=O) groups is 1. The Kier molecular flexibility index (Phi) is 4.21. The van der Waals surface area contributed by atoms with Gasteiger partial charge in [0, 0.05) is 23.5 Å². The molecule has 17 heavy (non-hydrogen) atoms. The van der Waals surface area contributed by atoms with E-state index in [4.69, 9.17) is 0 Å². The van der Waals surface area contributed by atoms with Crippen LogP contribution in [0.1, 0.15) is 35.2 Å². The van der Waals surface area contributed by atoms with Crippen LogP contribution in [0.4, 0.5) is 0 Å². The molecule has 1 aromatic carbocycles. The molecule has 1 fully saturated rings. The smallest absolute Gasteiger partial charge is 0.254 e. The van der Waals surface area contributed by atoms with E-state index in [1.807, 2.05) is 36.1 Å². The van der Waals surface area contributed by atoms with Crippen molar-refractivity contribution in [1.29, 1.82) is 0 Å². The fraction of sp³-hybridized carbons (Fsp3) is 0.500. The summed E-state index contributed by atoms with van der Waals surface area (Å²) in [7, 11) is 0. The molecule has 0 saturated heterocycles. The van der Waals surface area contributed by atoms with E-state index in [1.54, 1.807) is 0 Å². The molecule has 0 radical (unpaired) electrons. The van der Waals surface area contributed by atoms with Gasteiger partial charge in [0.05, 0.1) is 0 Å². The molecule has 1 aliphatic rings. The third kappa shape index (κ3) is 2.89. The Balaban J connectivity index is 2.12. The van der Waals surface area contributed by atoms with Crippen LogP contribution in [0.25, 0.3) is 0 Å². The lowest BCUT2D eigenvalue weighted by Gasteiger charge is -2.37. The van der Waals surface area contributed by atoms with Gasteiger partial charge in [-0.15, -0.1) is 0 Å². The van der Waals surface area contributed by atoms with E-state index < -0.39 is 0 Å². The van der Waals surface area contributed by atoms with Crippen molar-refractivity contribution in [2.45, 2.75) is 32.2 Å². The maximum atomic E-state index is 12.4. The SMILES string of the molecule is Cc1ccc(C(=O)N(CCBr)C2CCC2)cc1. The van der Waals surface area contributed by atoms with Crippen LogP contribution in [-0.4, -0.2) is 28.7 Å². The summed E-state index contributed by atoms with van der Waals surface area (Å²) >= 11 is 3.43. The molecule has 0 spiro atoms. The summed E-state index contributed by atoms with van der Waals surface area (Å²) in [4.78, 5) is 14.4. The van der Waals surface area contributed by atoms with Crippen LogP contribution in [-0.2, 0) is 0 Å². The average Bonchev–Trinajstić information content (AvgIpc) is 2.26. The lowest BCUT2D eigenvalue weighted by atomic mass is 9.91. The molecular formula is C14H18BrNO. The molecule has 1 aliphatic carbocycles. The Morgan fingerprint density at radius 3 is 2.47 bits per heavy atom. The van der Waals surface area contributed by atoms with E-state index in [1.165, 1.54) is 12.0 Å². The van der Waals surface area contributed by atoms with E-state index >= 15 is 0 Å². The second-order valence-electron chi connectivity index (χ2n) is 4.64. The minimum atomic E-state index is 0.175. The monoisotopic (exact) mass is 295 g/mol. The number of hydrogen-bond donors (Lipinski definition) is 0. The van der Waals surface area contributed by atoms with Gasteiger partial charge >= 0.3 is 0 Å². The normalized spacial score (nSPS) is 15.4. The number of halogens is 1. The summed E-state index contributed by atoms with van der Waals surface area (Å²) in [5.41, 5.74) is 2.00. The topological polar surface area (TPSA) is 20.3 Å². The van der Waals surface area contributed by atoms with Gasteiger partial charge in [0.1, 0.15) is 0 Å². The molecule has 2 nitrogen and oxygen atoms in total. The molecule has 0 heterocycles. The van der Waals surface area contributed by atoms with Gasteiger partial charge < -0.3 is 4.90 Å². The molecule has 92 valence electrons. The zero-order chi connectivity index (χ0) is 12.3. The number of rotatable bonds is 4. The van der Waals surface area contributed by atoms with Crippen molar-refractivity contribution in [2.24, 2.45) is 0 Å². The molecule has 2 rings (SSSR count). The van der Waals surface area contributed by atoms with Crippen molar-refractivity contribution in [1.82, 2.24) is 4.90 Å². The Morgan fingerprint density at radius 2 is 2.00 bits per heavy atom. The van der Waals surface area contributed by atoms with Crippen LogP contribution in [0.2, 0.25) is 0 Å². The van der Waals surface area contributed by atoms with Crippen LogP contribution >= 0.6 is 15.9 Å². The fourth-order valence-corrected chi connectivity index (χ4v) is 2.48. The summed E-state index contributed by atoms with van der Waals surface area (Å²) in [5.74, 6) is 0.175. The van der Waals surface area contributed by atoms with Crippen molar-refractivity contribution in [2.75, 3.05) is 11.9 Å². The largest absolute Gasteiger partial charge is 0.335 e.